The summed E-state index contributed by atoms with van der Waals surface area (Å²) in [6, 6.07) is 7.79. The van der Waals surface area contributed by atoms with Crippen molar-refractivity contribution < 1.29 is 9.53 Å². The minimum Gasteiger partial charge on any atom is -0.473 e. The van der Waals surface area contributed by atoms with Gasteiger partial charge in [0.05, 0.1) is 6.20 Å². The Morgan fingerprint density at radius 3 is 2.75 bits per heavy atom. The summed E-state index contributed by atoms with van der Waals surface area (Å²) in [6.45, 7) is 2.00. The monoisotopic (exact) mass is 326 g/mol. The maximum absolute atomic E-state index is 12.1. The van der Waals surface area contributed by atoms with Crippen molar-refractivity contribution in [3.63, 3.8) is 0 Å². The molecule has 0 saturated heterocycles. The Hall–Kier alpha value is -2.63. The zero-order valence-corrected chi connectivity index (χ0v) is 13.7. The lowest BCUT2D eigenvalue weighted by Gasteiger charge is -2.29. The maximum atomic E-state index is 12.1. The molecule has 3 rings (SSSR count). The minimum atomic E-state index is -0.154. The molecule has 1 aliphatic carbocycles. The van der Waals surface area contributed by atoms with Crippen LogP contribution in [-0.2, 0) is 0 Å². The number of aryl methyl sites for hydroxylation is 1. The number of carbonyl (C=O) groups excluding carboxylic acids is 1. The fraction of sp³-hybridized carbons (Fsp3) is 0.389. The SMILES string of the molecule is Cc1cccc(NC(=O)NC2CCC(Oc3cnccn3)CC2)c1. The standard InChI is InChI=1S/C18H22N4O2/c1-13-3-2-4-15(11-13)22-18(23)21-14-5-7-16(8-6-14)24-17-12-19-9-10-20-17/h2-4,9-12,14,16H,5-8H2,1H3,(H2,21,22,23). The van der Waals surface area contributed by atoms with E-state index in [2.05, 4.69) is 20.6 Å². The first-order valence-electron chi connectivity index (χ1n) is 8.26. The van der Waals surface area contributed by atoms with Gasteiger partial charge in [0.25, 0.3) is 0 Å². The van der Waals surface area contributed by atoms with Crippen molar-refractivity contribution in [1.82, 2.24) is 15.3 Å². The molecular weight excluding hydrogens is 304 g/mol. The molecule has 0 atom stereocenters. The lowest BCUT2D eigenvalue weighted by Crippen LogP contribution is -2.41. The van der Waals surface area contributed by atoms with Crippen LogP contribution in [-0.4, -0.2) is 28.1 Å². The molecule has 0 spiro atoms. The van der Waals surface area contributed by atoms with Crippen LogP contribution in [0, 0.1) is 6.92 Å². The second kappa shape index (κ2) is 7.77. The van der Waals surface area contributed by atoms with E-state index in [9.17, 15) is 4.79 Å². The average molecular weight is 326 g/mol. The van der Waals surface area contributed by atoms with Crippen molar-refractivity contribution in [1.29, 1.82) is 0 Å². The van der Waals surface area contributed by atoms with E-state index in [1.807, 2.05) is 31.2 Å². The van der Waals surface area contributed by atoms with Crippen molar-refractivity contribution in [2.75, 3.05) is 5.32 Å². The molecule has 1 saturated carbocycles. The molecule has 1 aliphatic rings. The van der Waals surface area contributed by atoms with Crippen LogP contribution < -0.4 is 15.4 Å². The topological polar surface area (TPSA) is 76.1 Å². The fourth-order valence-electron chi connectivity index (χ4n) is 2.92. The van der Waals surface area contributed by atoms with E-state index >= 15 is 0 Å². The van der Waals surface area contributed by atoms with Gasteiger partial charge in [-0.1, -0.05) is 12.1 Å². The van der Waals surface area contributed by atoms with Crippen LogP contribution >= 0.6 is 0 Å². The van der Waals surface area contributed by atoms with Crippen molar-refractivity contribution in [3.05, 3.63) is 48.4 Å². The van der Waals surface area contributed by atoms with Crippen LogP contribution in [0.25, 0.3) is 0 Å². The highest BCUT2D eigenvalue weighted by Gasteiger charge is 2.24. The van der Waals surface area contributed by atoms with Gasteiger partial charge in [-0.15, -0.1) is 0 Å². The van der Waals surface area contributed by atoms with E-state index in [1.165, 1.54) is 0 Å². The third kappa shape index (κ3) is 4.68. The van der Waals surface area contributed by atoms with Crippen LogP contribution in [0.1, 0.15) is 31.2 Å². The van der Waals surface area contributed by atoms with Gasteiger partial charge in [-0.2, -0.15) is 0 Å². The van der Waals surface area contributed by atoms with Gasteiger partial charge in [0.1, 0.15) is 6.10 Å². The van der Waals surface area contributed by atoms with Crippen molar-refractivity contribution >= 4 is 11.7 Å². The molecule has 126 valence electrons. The van der Waals surface area contributed by atoms with Crippen molar-refractivity contribution in [3.8, 4) is 5.88 Å². The van der Waals surface area contributed by atoms with Gasteiger partial charge in [0.2, 0.25) is 5.88 Å². The third-order valence-electron chi connectivity index (χ3n) is 4.11. The first-order chi connectivity index (χ1) is 11.7. The molecule has 0 unspecified atom stereocenters. The number of urea groups is 1. The smallest absolute Gasteiger partial charge is 0.319 e. The highest BCUT2D eigenvalue weighted by Crippen LogP contribution is 2.22. The van der Waals surface area contributed by atoms with Crippen LogP contribution in [0.4, 0.5) is 10.5 Å². The molecular formula is C18H22N4O2. The molecule has 6 nitrogen and oxygen atoms in total. The molecule has 24 heavy (non-hydrogen) atoms. The Kier molecular flexibility index (Phi) is 5.25. The molecule has 1 aromatic carbocycles. The van der Waals surface area contributed by atoms with Gasteiger partial charge in [-0.25, -0.2) is 9.78 Å². The third-order valence-corrected chi connectivity index (χ3v) is 4.11. The Labute approximate surface area is 141 Å². The number of hydrogen-bond donors (Lipinski definition) is 2. The molecule has 2 aromatic rings. The molecule has 0 radical (unpaired) electrons. The van der Waals surface area contributed by atoms with Gasteiger partial charge in [0, 0.05) is 24.1 Å². The van der Waals surface area contributed by atoms with Gasteiger partial charge in [-0.3, -0.25) is 4.98 Å². The predicted octanol–water partition coefficient (Wildman–Crippen LogP) is 3.30. The molecule has 6 heteroatoms. The highest BCUT2D eigenvalue weighted by molar-refractivity contribution is 5.89. The zero-order valence-electron chi connectivity index (χ0n) is 13.7. The summed E-state index contributed by atoms with van der Waals surface area (Å²) < 4.78 is 5.82. The molecule has 0 bridgehead atoms. The average Bonchev–Trinajstić information content (AvgIpc) is 2.57. The van der Waals surface area contributed by atoms with E-state index in [4.69, 9.17) is 4.74 Å². The number of hydrogen-bond acceptors (Lipinski definition) is 4. The van der Waals surface area contributed by atoms with Gasteiger partial charge in [0.15, 0.2) is 0 Å². The second-order valence-electron chi connectivity index (χ2n) is 6.10. The zero-order chi connectivity index (χ0) is 16.8. The number of amides is 2. The largest absolute Gasteiger partial charge is 0.473 e. The molecule has 2 N–H and O–H groups in total. The van der Waals surface area contributed by atoms with Crippen LogP contribution in [0.3, 0.4) is 0 Å². The van der Waals surface area contributed by atoms with E-state index in [0.717, 1.165) is 36.9 Å². The van der Waals surface area contributed by atoms with E-state index in [1.54, 1.807) is 18.6 Å². The Balaban J connectivity index is 1.42. The molecule has 1 heterocycles. The first kappa shape index (κ1) is 16.2. The van der Waals surface area contributed by atoms with Gasteiger partial charge >= 0.3 is 6.03 Å². The van der Waals surface area contributed by atoms with Crippen molar-refractivity contribution in [2.24, 2.45) is 0 Å². The number of ether oxygens (including phenoxy) is 1. The Morgan fingerprint density at radius 1 is 1.21 bits per heavy atom. The number of aromatic nitrogens is 2. The number of rotatable bonds is 4. The molecule has 1 aromatic heterocycles. The first-order valence-corrected chi connectivity index (χ1v) is 8.26. The van der Waals surface area contributed by atoms with Gasteiger partial charge < -0.3 is 15.4 Å². The second-order valence-corrected chi connectivity index (χ2v) is 6.10. The summed E-state index contributed by atoms with van der Waals surface area (Å²) >= 11 is 0. The summed E-state index contributed by atoms with van der Waals surface area (Å²) in [7, 11) is 0. The summed E-state index contributed by atoms with van der Waals surface area (Å²) in [5, 5.41) is 5.92. The number of benzene rings is 1. The summed E-state index contributed by atoms with van der Waals surface area (Å²) in [6.07, 6.45) is 8.59. The lowest BCUT2D eigenvalue weighted by molar-refractivity contribution is 0.135. The number of anilines is 1. The van der Waals surface area contributed by atoms with Gasteiger partial charge in [-0.05, 0) is 50.3 Å². The maximum Gasteiger partial charge on any atom is 0.319 e. The Morgan fingerprint density at radius 2 is 2.04 bits per heavy atom. The van der Waals surface area contributed by atoms with Crippen LogP contribution in [0.15, 0.2) is 42.9 Å². The van der Waals surface area contributed by atoms with Crippen LogP contribution in [0.2, 0.25) is 0 Å². The number of nitrogens with zero attached hydrogens (tertiary/aromatic N) is 2. The lowest BCUT2D eigenvalue weighted by atomic mass is 9.93. The highest BCUT2D eigenvalue weighted by atomic mass is 16.5. The molecule has 0 aliphatic heterocycles. The minimum absolute atomic E-state index is 0.139. The summed E-state index contributed by atoms with van der Waals surface area (Å²) in [5.41, 5.74) is 1.93. The quantitative estimate of drug-likeness (QED) is 0.904. The Bertz CT molecular complexity index is 670. The summed E-state index contributed by atoms with van der Waals surface area (Å²) in [4.78, 5) is 20.2. The number of nitrogens with one attached hydrogen (secondary N) is 2. The van der Waals surface area contributed by atoms with E-state index in [-0.39, 0.29) is 18.2 Å². The van der Waals surface area contributed by atoms with E-state index in [0.29, 0.717) is 5.88 Å². The summed E-state index contributed by atoms with van der Waals surface area (Å²) in [5.74, 6) is 0.561. The molecule has 1 fully saturated rings. The van der Waals surface area contributed by atoms with Crippen LogP contribution in [0.5, 0.6) is 5.88 Å². The predicted molar refractivity (Wildman–Crippen MR) is 92.0 cm³/mol. The van der Waals surface area contributed by atoms with E-state index < -0.39 is 0 Å². The number of carbonyl (C=O) groups is 1. The fourth-order valence-corrected chi connectivity index (χ4v) is 2.92. The molecule has 2 amide bonds. The normalized spacial score (nSPS) is 20.2. The van der Waals surface area contributed by atoms with Crippen molar-refractivity contribution in [2.45, 2.75) is 44.8 Å².